The van der Waals surface area contributed by atoms with E-state index in [1.54, 1.807) is 6.92 Å². The molecule has 0 spiro atoms. The molecule has 0 rings (SSSR count). The van der Waals surface area contributed by atoms with Crippen LogP contribution in [0.25, 0.3) is 0 Å². The molecular formula is C12H23NO6. The molecule has 112 valence electrons. The molecular weight excluding hydrogens is 254 g/mol. The Morgan fingerprint density at radius 1 is 1.42 bits per heavy atom. The minimum absolute atomic E-state index is 0.217. The highest BCUT2D eigenvalue weighted by Gasteiger charge is 2.50. The lowest BCUT2D eigenvalue weighted by Gasteiger charge is -2.38. The van der Waals surface area contributed by atoms with Crippen LogP contribution in [-0.2, 0) is 4.79 Å². The zero-order valence-corrected chi connectivity index (χ0v) is 10.9. The quantitative estimate of drug-likeness (QED) is 0.259. The van der Waals surface area contributed by atoms with Crippen molar-refractivity contribution in [3.63, 3.8) is 0 Å². The molecule has 0 aromatic rings. The van der Waals surface area contributed by atoms with Gasteiger partial charge in [-0.2, -0.15) is 0 Å². The van der Waals surface area contributed by atoms with Gasteiger partial charge in [-0.1, -0.05) is 19.9 Å². The first-order valence-electron chi connectivity index (χ1n) is 6.07. The summed E-state index contributed by atoms with van der Waals surface area (Å²) in [7, 11) is 0. The Labute approximate surface area is 112 Å². The largest absolute Gasteiger partial charge is 0.394 e. The van der Waals surface area contributed by atoms with E-state index in [1.165, 1.54) is 0 Å². The highest BCUT2D eigenvalue weighted by Crippen LogP contribution is 2.24. The van der Waals surface area contributed by atoms with Gasteiger partial charge in [0.25, 0.3) is 0 Å². The molecule has 0 heterocycles. The number of hydrogen-bond donors (Lipinski definition) is 6. The average Bonchev–Trinajstić information content (AvgIpc) is 2.42. The van der Waals surface area contributed by atoms with Crippen LogP contribution in [0.3, 0.4) is 0 Å². The zero-order chi connectivity index (χ0) is 15.2. The van der Waals surface area contributed by atoms with Crippen LogP contribution in [0.2, 0.25) is 0 Å². The molecule has 0 aliphatic heterocycles. The van der Waals surface area contributed by atoms with Crippen molar-refractivity contribution in [2.45, 2.75) is 49.7 Å². The van der Waals surface area contributed by atoms with Crippen LogP contribution in [0.15, 0.2) is 12.7 Å². The fraction of sp³-hybridized carbons (Fsp3) is 0.750. The number of aliphatic hydroxyl groups is 5. The van der Waals surface area contributed by atoms with Gasteiger partial charge in [0.1, 0.15) is 18.3 Å². The van der Waals surface area contributed by atoms with Gasteiger partial charge < -0.3 is 31.3 Å². The summed E-state index contributed by atoms with van der Waals surface area (Å²) < 4.78 is 0. The zero-order valence-electron chi connectivity index (χ0n) is 10.9. The maximum Gasteiger partial charge on any atom is 0.190 e. The number of rotatable bonds is 9. The van der Waals surface area contributed by atoms with E-state index in [1.807, 2.05) is 0 Å². The molecule has 0 saturated heterocycles. The molecule has 7 nitrogen and oxygen atoms in total. The first-order chi connectivity index (χ1) is 8.77. The molecule has 0 aromatic carbocycles. The second-order valence-corrected chi connectivity index (χ2v) is 4.47. The van der Waals surface area contributed by atoms with Crippen molar-refractivity contribution < 1.29 is 30.3 Å². The summed E-state index contributed by atoms with van der Waals surface area (Å²) in [6.07, 6.45) is -4.11. The molecule has 0 aromatic heterocycles. The summed E-state index contributed by atoms with van der Waals surface area (Å²) in [4.78, 5) is 11.7. The molecule has 0 saturated carbocycles. The van der Waals surface area contributed by atoms with Crippen molar-refractivity contribution in [1.82, 2.24) is 0 Å². The number of carbonyl (C=O) groups is 1. The lowest BCUT2D eigenvalue weighted by atomic mass is 9.79. The molecule has 0 aliphatic rings. The number of nitrogens with two attached hydrogens (primary N) is 1. The Hall–Kier alpha value is -0.830. The van der Waals surface area contributed by atoms with E-state index >= 15 is 0 Å². The third kappa shape index (κ3) is 3.82. The molecule has 0 bridgehead atoms. The standard InChI is InChI=1S/C12H23NO6/c1-3-5-8(13)12(19,9(16)4-2)11(18)10(17)7(15)6-14/h4,7-8,10-11,14-15,17-19H,2-3,5-6,13H2,1H3/t7-,8?,10+,11+,12-/m1/s1. The van der Waals surface area contributed by atoms with Crippen molar-refractivity contribution in [2.24, 2.45) is 5.73 Å². The molecule has 19 heavy (non-hydrogen) atoms. The fourth-order valence-corrected chi connectivity index (χ4v) is 1.82. The normalized spacial score (nSPS) is 21.0. The van der Waals surface area contributed by atoms with E-state index in [9.17, 15) is 25.2 Å². The topological polar surface area (TPSA) is 144 Å². The number of ketones is 1. The van der Waals surface area contributed by atoms with Gasteiger partial charge >= 0.3 is 0 Å². The van der Waals surface area contributed by atoms with E-state index in [-0.39, 0.29) is 6.42 Å². The SMILES string of the molecule is C=CC(=O)[C@](O)(C(N)CCC)[C@@H](O)[C@@H](O)[C@H](O)CO. The molecule has 0 fully saturated rings. The monoisotopic (exact) mass is 277 g/mol. The predicted molar refractivity (Wildman–Crippen MR) is 68.1 cm³/mol. The van der Waals surface area contributed by atoms with Crippen LogP contribution in [0.1, 0.15) is 19.8 Å². The smallest absolute Gasteiger partial charge is 0.190 e. The third-order valence-corrected chi connectivity index (χ3v) is 3.10. The minimum Gasteiger partial charge on any atom is -0.394 e. The first kappa shape index (κ1) is 18.2. The van der Waals surface area contributed by atoms with Crippen LogP contribution in [-0.4, -0.2) is 67.9 Å². The van der Waals surface area contributed by atoms with E-state index in [2.05, 4.69) is 6.58 Å². The van der Waals surface area contributed by atoms with E-state index in [0.717, 1.165) is 6.08 Å². The van der Waals surface area contributed by atoms with Gasteiger partial charge in [0, 0.05) is 6.04 Å². The molecule has 0 radical (unpaired) electrons. The third-order valence-electron chi connectivity index (χ3n) is 3.10. The fourth-order valence-electron chi connectivity index (χ4n) is 1.82. The number of hydrogen-bond acceptors (Lipinski definition) is 7. The average molecular weight is 277 g/mol. The van der Waals surface area contributed by atoms with Crippen molar-refractivity contribution in [3.05, 3.63) is 12.7 Å². The predicted octanol–water partition coefficient (Wildman–Crippen LogP) is -2.32. The van der Waals surface area contributed by atoms with Crippen LogP contribution in [0.5, 0.6) is 0 Å². The molecule has 0 aliphatic carbocycles. The Morgan fingerprint density at radius 2 is 1.95 bits per heavy atom. The van der Waals surface area contributed by atoms with E-state index < -0.39 is 42.3 Å². The lowest BCUT2D eigenvalue weighted by molar-refractivity contribution is -0.176. The summed E-state index contributed by atoms with van der Waals surface area (Å²) in [5, 5.41) is 47.8. The number of aliphatic hydroxyl groups excluding tert-OH is 4. The second kappa shape index (κ2) is 7.68. The van der Waals surface area contributed by atoms with Gasteiger partial charge in [-0.3, -0.25) is 4.79 Å². The number of carbonyl (C=O) groups excluding carboxylic acids is 1. The van der Waals surface area contributed by atoms with Gasteiger partial charge in [0.05, 0.1) is 6.61 Å². The van der Waals surface area contributed by atoms with Crippen LogP contribution in [0, 0.1) is 0 Å². The van der Waals surface area contributed by atoms with Crippen molar-refractivity contribution in [3.8, 4) is 0 Å². The maximum atomic E-state index is 11.7. The Morgan fingerprint density at radius 3 is 2.32 bits per heavy atom. The van der Waals surface area contributed by atoms with Crippen LogP contribution in [0.4, 0.5) is 0 Å². The summed E-state index contributed by atoms with van der Waals surface area (Å²) in [5.74, 6) is -0.954. The van der Waals surface area contributed by atoms with Gasteiger partial charge in [0.15, 0.2) is 11.4 Å². The van der Waals surface area contributed by atoms with E-state index in [0.29, 0.717) is 6.42 Å². The summed E-state index contributed by atoms with van der Waals surface area (Å²) in [6, 6.07) is -1.14. The van der Waals surface area contributed by atoms with Crippen molar-refractivity contribution >= 4 is 5.78 Å². The molecule has 7 N–H and O–H groups in total. The van der Waals surface area contributed by atoms with E-state index in [4.69, 9.17) is 10.8 Å². The minimum atomic E-state index is -2.46. The van der Waals surface area contributed by atoms with Gasteiger partial charge in [0.2, 0.25) is 0 Å². The van der Waals surface area contributed by atoms with Gasteiger partial charge in [-0.25, -0.2) is 0 Å². The lowest BCUT2D eigenvalue weighted by Crippen LogP contribution is -2.65. The van der Waals surface area contributed by atoms with Crippen LogP contribution >= 0.6 is 0 Å². The second-order valence-electron chi connectivity index (χ2n) is 4.47. The Bertz CT molecular complexity index is 311. The van der Waals surface area contributed by atoms with Crippen molar-refractivity contribution in [2.75, 3.05) is 6.61 Å². The van der Waals surface area contributed by atoms with Crippen LogP contribution < -0.4 is 5.73 Å². The summed E-state index contributed by atoms with van der Waals surface area (Å²) >= 11 is 0. The molecule has 7 heteroatoms. The highest BCUT2D eigenvalue weighted by atomic mass is 16.4. The molecule has 1 unspecified atom stereocenters. The van der Waals surface area contributed by atoms with Crippen molar-refractivity contribution in [1.29, 1.82) is 0 Å². The molecule has 5 atom stereocenters. The van der Waals surface area contributed by atoms with Gasteiger partial charge in [-0.15, -0.1) is 0 Å². The first-order valence-corrected chi connectivity index (χ1v) is 6.07. The van der Waals surface area contributed by atoms with Gasteiger partial charge in [-0.05, 0) is 12.5 Å². The molecule has 0 amide bonds. The summed E-state index contributed by atoms with van der Waals surface area (Å²) in [5.41, 5.74) is 3.22. The highest BCUT2D eigenvalue weighted by molar-refractivity contribution is 5.97. The summed E-state index contributed by atoms with van der Waals surface area (Å²) in [6.45, 7) is 4.14. The maximum absolute atomic E-state index is 11.7. The Kier molecular flexibility index (Phi) is 7.35. The Balaban J connectivity index is 5.35.